The molecule has 1 N–H and O–H groups in total. The highest BCUT2D eigenvalue weighted by Crippen LogP contribution is 2.37. The van der Waals surface area contributed by atoms with Gasteiger partial charge < -0.3 is 14.6 Å². The summed E-state index contributed by atoms with van der Waals surface area (Å²) in [5, 5.41) is 3.13. The first-order chi connectivity index (χ1) is 14.9. The number of ketones is 1. The monoisotopic (exact) mass is 454 g/mol. The zero-order valence-electron chi connectivity index (χ0n) is 20.6. The topological polar surface area (TPSA) is 58.6 Å². The van der Waals surface area contributed by atoms with Gasteiger partial charge in [-0.3, -0.25) is 9.59 Å². The van der Waals surface area contributed by atoms with Crippen molar-refractivity contribution in [3.63, 3.8) is 0 Å². The lowest BCUT2D eigenvalue weighted by molar-refractivity contribution is -0.117. The molecule has 5 nitrogen and oxygen atoms in total. The van der Waals surface area contributed by atoms with Crippen molar-refractivity contribution in [3.8, 4) is 0 Å². The number of amides is 1. The van der Waals surface area contributed by atoms with Gasteiger partial charge in [0.05, 0.1) is 19.7 Å². The van der Waals surface area contributed by atoms with Crippen LogP contribution in [0.25, 0.3) is 0 Å². The number of Topliss-reactive ketones (excluding diaryl/α,β-unsaturated/α-hetero) is 1. The zero-order chi connectivity index (χ0) is 23.9. The van der Waals surface area contributed by atoms with Crippen LogP contribution in [0.15, 0.2) is 48.5 Å². The molecule has 0 spiro atoms. The molecule has 0 aliphatic rings. The first-order valence-corrected chi connectivity index (χ1v) is 14.2. The number of carbonyl (C=O) groups excluding carboxylic acids is 2. The van der Waals surface area contributed by atoms with E-state index in [-0.39, 0.29) is 29.8 Å². The average Bonchev–Trinajstić information content (AvgIpc) is 2.76. The Kier molecular flexibility index (Phi) is 8.95. The van der Waals surface area contributed by atoms with Crippen molar-refractivity contribution < 1.29 is 14.0 Å². The molecule has 2 aromatic rings. The fourth-order valence-corrected chi connectivity index (χ4v) is 3.94. The molecule has 0 radical (unpaired) electrons. The van der Waals surface area contributed by atoms with Gasteiger partial charge >= 0.3 is 0 Å². The Morgan fingerprint density at radius 1 is 1.00 bits per heavy atom. The van der Waals surface area contributed by atoms with Crippen molar-refractivity contribution in [2.45, 2.75) is 58.9 Å². The molecule has 0 aromatic heterocycles. The Morgan fingerprint density at radius 2 is 1.62 bits per heavy atom. The van der Waals surface area contributed by atoms with E-state index < -0.39 is 8.32 Å². The average molecular weight is 455 g/mol. The third-order valence-electron chi connectivity index (χ3n) is 6.27. The summed E-state index contributed by atoms with van der Waals surface area (Å²) >= 11 is 0. The highest BCUT2D eigenvalue weighted by Gasteiger charge is 2.37. The highest BCUT2D eigenvalue weighted by atomic mass is 28.4. The SMILES string of the molecule is CCc1cc(CO[Si](C)(C)C(C)(C)C)cc(N(C)C(=O)CNCC(=O)c2ccccc2)c1. The van der Waals surface area contributed by atoms with E-state index in [0.29, 0.717) is 12.2 Å². The van der Waals surface area contributed by atoms with E-state index >= 15 is 0 Å². The van der Waals surface area contributed by atoms with Crippen LogP contribution < -0.4 is 10.2 Å². The van der Waals surface area contributed by atoms with Crippen LogP contribution in [-0.4, -0.2) is 40.1 Å². The summed E-state index contributed by atoms with van der Waals surface area (Å²) in [6.45, 7) is 14.1. The lowest BCUT2D eigenvalue weighted by Crippen LogP contribution is -2.40. The number of carbonyl (C=O) groups is 2. The summed E-state index contributed by atoms with van der Waals surface area (Å²) in [5.74, 6) is -0.116. The molecule has 0 aliphatic carbocycles. The standard InChI is InChI=1S/C26H38N2O3Si/c1-8-20-14-21(19-31-32(6,7)26(2,3)4)16-23(15-20)28(5)25(30)18-27-17-24(29)22-12-10-9-11-13-22/h9-16,27H,8,17-19H2,1-7H3. The number of benzene rings is 2. The van der Waals surface area contributed by atoms with Crippen LogP contribution in [0.1, 0.15) is 49.2 Å². The molecule has 174 valence electrons. The van der Waals surface area contributed by atoms with Gasteiger partial charge in [-0.1, -0.05) is 64.1 Å². The van der Waals surface area contributed by atoms with Gasteiger partial charge in [-0.2, -0.15) is 0 Å². The van der Waals surface area contributed by atoms with E-state index in [1.807, 2.05) is 30.3 Å². The number of rotatable bonds is 10. The number of nitrogens with one attached hydrogen (secondary N) is 1. The van der Waals surface area contributed by atoms with Gasteiger partial charge in [-0.05, 0) is 47.8 Å². The van der Waals surface area contributed by atoms with Crippen LogP contribution in [0.3, 0.4) is 0 Å². The maximum atomic E-state index is 12.7. The van der Waals surface area contributed by atoms with E-state index in [0.717, 1.165) is 17.7 Å². The number of hydrogen-bond acceptors (Lipinski definition) is 4. The Bertz CT molecular complexity index is 920. The predicted molar refractivity (Wildman–Crippen MR) is 135 cm³/mol. The largest absolute Gasteiger partial charge is 0.413 e. The number of hydrogen-bond donors (Lipinski definition) is 1. The van der Waals surface area contributed by atoms with Gasteiger partial charge in [-0.25, -0.2) is 0 Å². The van der Waals surface area contributed by atoms with Crippen molar-refractivity contribution in [1.29, 1.82) is 0 Å². The number of aryl methyl sites for hydroxylation is 1. The molecule has 2 rings (SSSR count). The minimum Gasteiger partial charge on any atom is -0.413 e. The Balaban J connectivity index is 2.02. The molecule has 0 fully saturated rings. The van der Waals surface area contributed by atoms with E-state index in [2.05, 4.69) is 52.2 Å². The minimum atomic E-state index is -1.86. The molecule has 0 unspecified atom stereocenters. The number of anilines is 1. The summed E-state index contributed by atoms with van der Waals surface area (Å²) in [6, 6.07) is 15.3. The quantitative estimate of drug-likeness (QED) is 0.396. The van der Waals surface area contributed by atoms with Gasteiger partial charge in [0.2, 0.25) is 5.91 Å². The van der Waals surface area contributed by atoms with Crippen LogP contribution in [0.4, 0.5) is 5.69 Å². The fraction of sp³-hybridized carbons (Fsp3) is 0.462. The second-order valence-corrected chi connectivity index (χ2v) is 14.6. The van der Waals surface area contributed by atoms with Gasteiger partial charge in [0, 0.05) is 18.3 Å². The van der Waals surface area contributed by atoms with Crippen LogP contribution in [-0.2, 0) is 22.2 Å². The van der Waals surface area contributed by atoms with Crippen molar-refractivity contribution in [2.75, 3.05) is 25.0 Å². The molecule has 0 heterocycles. The van der Waals surface area contributed by atoms with Crippen LogP contribution >= 0.6 is 0 Å². The summed E-state index contributed by atoms with van der Waals surface area (Å²) < 4.78 is 6.39. The summed E-state index contributed by atoms with van der Waals surface area (Å²) in [5.41, 5.74) is 3.74. The number of likely N-dealkylation sites (N-methyl/N-ethyl adjacent to an activating group) is 1. The van der Waals surface area contributed by atoms with E-state index in [4.69, 9.17) is 4.43 Å². The van der Waals surface area contributed by atoms with Crippen LogP contribution in [0.5, 0.6) is 0 Å². The van der Waals surface area contributed by atoms with Gasteiger partial charge in [-0.15, -0.1) is 0 Å². The van der Waals surface area contributed by atoms with Crippen molar-refractivity contribution in [2.24, 2.45) is 0 Å². The summed E-state index contributed by atoms with van der Waals surface area (Å²) in [6.07, 6.45) is 0.882. The molecular weight excluding hydrogens is 416 g/mol. The molecular formula is C26H38N2O3Si. The summed E-state index contributed by atoms with van der Waals surface area (Å²) in [7, 11) is -0.0865. The molecule has 2 aromatic carbocycles. The summed E-state index contributed by atoms with van der Waals surface area (Å²) in [4.78, 5) is 26.6. The third kappa shape index (κ3) is 7.12. The van der Waals surface area contributed by atoms with E-state index in [9.17, 15) is 9.59 Å². The Morgan fingerprint density at radius 3 is 2.22 bits per heavy atom. The van der Waals surface area contributed by atoms with Gasteiger partial charge in [0.15, 0.2) is 14.1 Å². The Hall–Kier alpha value is -2.28. The van der Waals surface area contributed by atoms with E-state index in [1.54, 1.807) is 24.1 Å². The van der Waals surface area contributed by atoms with Gasteiger partial charge in [0.25, 0.3) is 0 Å². The third-order valence-corrected chi connectivity index (χ3v) is 10.7. The lowest BCUT2D eigenvalue weighted by atomic mass is 10.1. The van der Waals surface area contributed by atoms with Gasteiger partial charge in [0.1, 0.15) is 0 Å². The van der Waals surface area contributed by atoms with Crippen LogP contribution in [0.2, 0.25) is 18.1 Å². The van der Waals surface area contributed by atoms with E-state index in [1.165, 1.54) is 5.56 Å². The second kappa shape index (κ2) is 11.0. The molecule has 0 saturated heterocycles. The maximum Gasteiger partial charge on any atom is 0.240 e. The molecule has 0 bridgehead atoms. The highest BCUT2D eigenvalue weighted by molar-refractivity contribution is 6.74. The first-order valence-electron chi connectivity index (χ1n) is 11.3. The molecule has 1 amide bonds. The number of nitrogens with zero attached hydrogens (tertiary/aromatic N) is 1. The minimum absolute atomic E-state index is 0.0286. The molecule has 6 heteroatoms. The molecule has 0 atom stereocenters. The first kappa shape index (κ1) is 26.0. The van der Waals surface area contributed by atoms with Crippen molar-refractivity contribution in [1.82, 2.24) is 5.32 Å². The zero-order valence-corrected chi connectivity index (χ0v) is 21.6. The fourth-order valence-electron chi connectivity index (χ4n) is 2.98. The van der Waals surface area contributed by atoms with Crippen molar-refractivity contribution >= 4 is 25.7 Å². The maximum absolute atomic E-state index is 12.7. The molecule has 32 heavy (non-hydrogen) atoms. The molecule has 0 aliphatic heterocycles. The smallest absolute Gasteiger partial charge is 0.240 e. The second-order valence-electron chi connectivity index (χ2n) is 9.76. The van der Waals surface area contributed by atoms with Crippen LogP contribution in [0, 0.1) is 0 Å². The normalized spacial score (nSPS) is 12.0. The Labute approximate surface area is 194 Å². The lowest BCUT2D eigenvalue weighted by Gasteiger charge is -2.36. The molecule has 0 saturated carbocycles. The predicted octanol–water partition coefficient (Wildman–Crippen LogP) is 5.21. The van der Waals surface area contributed by atoms with Crippen molar-refractivity contribution in [3.05, 3.63) is 65.2 Å².